The van der Waals surface area contributed by atoms with Gasteiger partial charge in [-0.2, -0.15) is 0 Å². The molecule has 3 rings (SSSR count). The van der Waals surface area contributed by atoms with Crippen molar-refractivity contribution in [3.63, 3.8) is 0 Å². The van der Waals surface area contributed by atoms with Gasteiger partial charge in [0.05, 0.1) is 18.9 Å². The summed E-state index contributed by atoms with van der Waals surface area (Å²) < 4.78 is 30.7. The predicted molar refractivity (Wildman–Crippen MR) is 99.3 cm³/mol. The summed E-state index contributed by atoms with van der Waals surface area (Å²) in [6.07, 6.45) is 3.87. The lowest BCUT2D eigenvalue weighted by Crippen LogP contribution is -2.52. The normalized spacial score (nSPS) is 20.5. The fourth-order valence-electron chi connectivity index (χ4n) is 3.06. The molecule has 0 saturated carbocycles. The van der Waals surface area contributed by atoms with E-state index in [9.17, 15) is 18.3 Å². The number of aromatic nitrogens is 1. The molecule has 1 aromatic carbocycles. The van der Waals surface area contributed by atoms with E-state index in [4.69, 9.17) is 4.74 Å². The number of hydrogen-bond acceptors (Lipinski definition) is 6. The van der Waals surface area contributed by atoms with E-state index in [1.165, 1.54) is 0 Å². The number of carbonyl (C=O) groups excluding carboxylic acids is 1. The second-order valence-corrected chi connectivity index (χ2v) is 8.10. The first-order valence-corrected chi connectivity index (χ1v) is 10.2. The molecule has 1 aliphatic rings. The number of aliphatic hydroxyl groups is 1. The summed E-state index contributed by atoms with van der Waals surface area (Å²) in [5.74, 6) is -0.197. The molecule has 1 aliphatic heterocycles. The van der Waals surface area contributed by atoms with Crippen LogP contribution in [0.2, 0.25) is 0 Å². The summed E-state index contributed by atoms with van der Waals surface area (Å²) in [5.41, 5.74) is 2.09. The highest BCUT2D eigenvalue weighted by molar-refractivity contribution is 7.92. The van der Waals surface area contributed by atoms with Crippen molar-refractivity contribution >= 4 is 21.6 Å². The van der Waals surface area contributed by atoms with E-state index >= 15 is 0 Å². The molecule has 2 atom stereocenters. The number of anilines is 1. The van der Waals surface area contributed by atoms with E-state index < -0.39 is 22.2 Å². The lowest BCUT2D eigenvalue weighted by atomic mass is 9.98. The van der Waals surface area contributed by atoms with Gasteiger partial charge < -0.3 is 14.7 Å². The zero-order valence-corrected chi connectivity index (χ0v) is 15.6. The Morgan fingerprint density at radius 2 is 1.89 bits per heavy atom. The molecule has 0 aliphatic carbocycles. The number of carbonyl (C=O) groups is 1. The standard InChI is InChI=1S/C18H21N3O5S/c1-27(24,25)20-15-4-2-14(3-5-15)18-16(11-22)21(17(23)12-26-18)10-13-6-8-19-9-7-13/h2-9,16,18,20,22H,10-12H2,1H3/t16-,18-/m1/s1. The smallest absolute Gasteiger partial charge is 0.249 e. The third-order valence-electron chi connectivity index (χ3n) is 4.29. The SMILES string of the molecule is CS(=O)(=O)Nc1ccc([C@H]2OCC(=O)N(Cc3ccncc3)[C@@H]2CO)cc1. The van der Waals surface area contributed by atoms with Crippen molar-refractivity contribution in [1.82, 2.24) is 9.88 Å². The lowest BCUT2D eigenvalue weighted by Gasteiger charge is -2.40. The van der Waals surface area contributed by atoms with Gasteiger partial charge in [-0.15, -0.1) is 0 Å². The zero-order chi connectivity index (χ0) is 19.4. The molecule has 144 valence electrons. The van der Waals surface area contributed by atoms with Crippen LogP contribution in [0.4, 0.5) is 5.69 Å². The van der Waals surface area contributed by atoms with Crippen LogP contribution in [-0.4, -0.2) is 54.8 Å². The fourth-order valence-corrected chi connectivity index (χ4v) is 3.63. The number of morpholine rings is 1. The Kier molecular flexibility index (Phi) is 5.73. The van der Waals surface area contributed by atoms with E-state index in [1.807, 2.05) is 12.1 Å². The topological polar surface area (TPSA) is 109 Å². The summed E-state index contributed by atoms with van der Waals surface area (Å²) >= 11 is 0. The molecule has 9 heteroatoms. The van der Waals surface area contributed by atoms with E-state index in [1.54, 1.807) is 41.6 Å². The Hall–Kier alpha value is -2.49. The summed E-state index contributed by atoms with van der Waals surface area (Å²) in [7, 11) is -3.36. The molecule has 8 nitrogen and oxygen atoms in total. The third kappa shape index (κ3) is 4.82. The van der Waals surface area contributed by atoms with Gasteiger partial charge in [0.15, 0.2) is 0 Å². The first-order chi connectivity index (χ1) is 12.9. The Balaban J connectivity index is 1.81. The highest BCUT2D eigenvalue weighted by atomic mass is 32.2. The van der Waals surface area contributed by atoms with E-state index in [2.05, 4.69) is 9.71 Å². The van der Waals surface area contributed by atoms with Crippen LogP contribution in [0, 0.1) is 0 Å². The zero-order valence-electron chi connectivity index (χ0n) is 14.8. The maximum absolute atomic E-state index is 12.4. The Bertz CT molecular complexity index is 887. The van der Waals surface area contributed by atoms with Gasteiger partial charge in [-0.05, 0) is 35.4 Å². The minimum absolute atomic E-state index is 0.0877. The van der Waals surface area contributed by atoms with Crippen LogP contribution in [0.5, 0.6) is 0 Å². The van der Waals surface area contributed by atoms with Crippen molar-refractivity contribution in [1.29, 1.82) is 0 Å². The maximum Gasteiger partial charge on any atom is 0.249 e. The number of hydrogen-bond donors (Lipinski definition) is 2. The molecule has 1 fully saturated rings. The van der Waals surface area contributed by atoms with Crippen LogP contribution < -0.4 is 4.72 Å². The van der Waals surface area contributed by atoms with Crippen LogP contribution in [0.1, 0.15) is 17.2 Å². The lowest BCUT2D eigenvalue weighted by molar-refractivity contribution is -0.162. The highest BCUT2D eigenvalue weighted by Crippen LogP contribution is 2.30. The van der Waals surface area contributed by atoms with Gasteiger partial charge >= 0.3 is 0 Å². The Morgan fingerprint density at radius 1 is 1.22 bits per heavy atom. The van der Waals surface area contributed by atoms with Crippen molar-refractivity contribution in [2.75, 3.05) is 24.2 Å². The van der Waals surface area contributed by atoms with Crippen LogP contribution in [0.25, 0.3) is 0 Å². The van der Waals surface area contributed by atoms with Gasteiger partial charge in [-0.3, -0.25) is 14.5 Å². The summed E-state index contributed by atoms with van der Waals surface area (Å²) in [6.45, 7) is 0.000575. The van der Waals surface area contributed by atoms with Crippen molar-refractivity contribution in [3.8, 4) is 0 Å². The number of ether oxygens (including phenoxy) is 1. The first-order valence-electron chi connectivity index (χ1n) is 8.36. The van der Waals surface area contributed by atoms with Crippen molar-refractivity contribution < 1.29 is 23.1 Å². The quantitative estimate of drug-likeness (QED) is 0.758. The minimum Gasteiger partial charge on any atom is -0.394 e. The largest absolute Gasteiger partial charge is 0.394 e. The molecule has 2 aromatic rings. The van der Waals surface area contributed by atoms with Crippen molar-refractivity contribution in [2.45, 2.75) is 18.7 Å². The van der Waals surface area contributed by atoms with Gasteiger partial charge in [0, 0.05) is 24.6 Å². The average molecular weight is 391 g/mol. The van der Waals surface area contributed by atoms with Crippen molar-refractivity contribution in [2.24, 2.45) is 0 Å². The van der Waals surface area contributed by atoms with Gasteiger partial charge in [-0.25, -0.2) is 8.42 Å². The molecule has 2 heterocycles. The second kappa shape index (κ2) is 8.03. The van der Waals surface area contributed by atoms with Crippen LogP contribution in [0.3, 0.4) is 0 Å². The molecule has 1 aromatic heterocycles. The monoisotopic (exact) mass is 391 g/mol. The van der Waals surface area contributed by atoms with E-state index in [-0.39, 0.29) is 19.1 Å². The van der Waals surface area contributed by atoms with Crippen LogP contribution in [-0.2, 0) is 26.1 Å². The number of aliphatic hydroxyl groups excluding tert-OH is 1. The number of nitrogens with one attached hydrogen (secondary N) is 1. The molecule has 2 N–H and O–H groups in total. The van der Waals surface area contributed by atoms with Gasteiger partial charge in [0.25, 0.3) is 0 Å². The molecule has 0 spiro atoms. The number of benzene rings is 1. The maximum atomic E-state index is 12.4. The molecule has 27 heavy (non-hydrogen) atoms. The Morgan fingerprint density at radius 3 is 2.48 bits per heavy atom. The molecule has 1 amide bonds. The first kappa shape index (κ1) is 19.3. The summed E-state index contributed by atoms with van der Waals surface area (Å²) in [5, 5.41) is 9.92. The number of sulfonamides is 1. The highest BCUT2D eigenvalue weighted by Gasteiger charge is 2.37. The predicted octanol–water partition coefficient (Wildman–Crippen LogP) is 0.914. The van der Waals surface area contributed by atoms with E-state index in [0.29, 0.717) is 12.2 Å². The van der Waals surface area contributed by atoms with Crippen LogP contribution in [0.15, 0.2) is 48.8 Å². The van der Waals surface area contributed by atoms with E-state index in [0.717, 1.165) is 17.4 Å². The molecular weight excluding hydrogens is 370 g/mol. The number of pyridine rings is 1. The molecule has 1 saturated heterocycles. The summed E-state index contributed by atoms with van der Waals surface area (Å²) in [4.78, 5) is 17.9. The third-order valence-corrected chi connectivity index (χ3v) is 4.89. The number of amides is 1. The molecular formula is C18H21N3O5S. The van der Waals surface area contributed by atoms with Gasteiger partial charge in [-0.1, -0.05) is 12.1 Å². The summed E-state index contributed by atoms with van der Waals surface area (Å²) in [6, 6.07) is 9.78. The van der Waals surface area contributed by atoms with Crippen molar-refractivity contribution in [3.05, 3.63) is 59.9 Å². The Labute approximate surface area is 157 Å². The van der Waals surface area contributed by atoms with Crippen LogP contribution >= 0.6 is 0 Å². The van der Waals surface area contributed by atoms with Gasteiger partial charge in [0.2, 0.25) is 15.9 Å². The number of rotatable bonds is 6. The average Bonchev–Trinajstić information content (AvgIpc) is 2.63. The molecule has 0 unspecified atom stereocenters. The molecule has 0 bridgehead atoms. The second-order valence-electron chi connectivity index (χ2n) is 6.35. The fraction of sp³-hybridized carbons (Fsp3) is 0.333. The number of nitrogens with zero attached hydrogens (tertiary/aromatic N) is 2. The molecule has 0 radical (unpaired) electrons. The minimum atomic E-state index is -3.36. The van der Waals surface area contributed by atoms with Gasteiger partial charge in [0.1, 0.15) is 12.7 Å².